The molecule has 0 aliphatic carbocycles. The normalized spacial score (nSPS) is 10.3. The molecular weight excluding hydrogens is 302 g/mol. The van der Waals surface area contributed by atoms with Gasteiger partial charge < -0.3 is 14.8 Å². The number of ketones is 1. The molecule has 0 atom stereocenters. The Balaban J connectivity index is 1.85. The van der Waals surface area contributed by atoms with Crippen molar-refractivity contribution in [1.82, 2.24) is 0 Å². The molecule has 2 aromatic carbocycles. The van der Waals surface area contributed by atoms with E-state index >= 15 is 0 Å². The lowest BCUT2D eigenvalue weighted by Crippen LogP contribution is -2.20. The van der Waals surface area contributed by atoms with Gasteiger partial charge in [-0.1, -0.05) is 24.3 Å². The van der Waals surface area contributed by atoms with Crippen molar-refractivity contribution >= 4 is 17.4 Å². The molecule has 0 aromatic heterocycles. The Morgan fingerprint density at radius 1 is 1.04 bits per heavy atom. The van der Waals surface area contributed by atoms with Gasteiger partial charge in [-0.3, -0.25) is 4.79 Å². The zero-order chi connectivity index (χ0) is 17.5. The molecule has 4 heteroatoms. The van der Waals surface area contributed by atoms with E-state index in [-0.39, 0.29) is 18.3 Å². The molecule has 0 unspecified atom stereocenters. The Kier molecular flexibility index (Phi) is 6.13. The van der Waals surface area contributed by atoms with Crippen LogP contribution in [0.1, 0.15) is 30.0 Å². The van der Waals surface area contributed by atoms with Crippen molar-refractivity contribution in [2.45, 2.75) is 33.6 Å². The highest BCUT2D eigenvalue weighted by Crippen LogP contribution is 2.17. The van der Waals surface area contributed by atoms with Crippen LogP contribution in [0.5, 0.6) is 5.75 Å². The molecule has 126 valence electrons. The lowest BCUT2D eigenvalue weighted by atomic mass is 10.1. The van der Waals surface area contributed by atoms with E-state index in [1.807, 2.05) is 56.3 Å². The largest absolute Gasteiger partial charge is 0.484 e. The van der Waals surface area contributed by atoms with Crippen LogP contribution in [0, 0.1) is 13.8 Å². The van der Waals surface area contributed by atoms with E-state index in [0.717, 1.165) is 28.8 Å². The molecule has 0 radical (unpaired) electrons. The van der Waals surface area contributed by atoms with Gasteiger partial charge in [0.25, 0.3) is 5.91 Å². The SMILES string of the molecule is CC(=O)CCc1ccc(OCC(=O)Nc2cc(C)ccc2C)cc1. The van der Waals surface area contributed by atoms with Crippen molar-refractivity contribution in [3.8, 4) is 5.75 Å². The molecule has 0 fully saturated rings. The number of rotatable bonds is 7. The molecule has 2 aromatic rings. The number of carbonyl (C=O) groups excluding carboxylic acids is 2. The number of aryl methyl sites for hydroxylation is 3. The molecule has 0 saturated carbocycles. The zero-order valence-corrected chi connectivity index (χ0v) is 14.4. The van der Waals surface area contributed by atoms with E-state index in [1.54, 1.807) is 6.92 Å². The summed E-state index contributed by atoms with van der Waals surface area (Å²) < 4.78 is 5.51. The highest BCUT2D eigenvalue weighted by Gasteiger charge is 2.06. The Bertz CT molecular complexity index is 720. The lowest BCUT2D eigenvalue weighted by molar-refractivity contribution is -0.118. The number of carbonyl (C=O) groups is 2. The number of amides is 1. The van der Waals surface area contributed by atoms with E-state index in [9.17, 15) is 9.59 Å². The molecule has 0 aliphatic heterocycles. The summed E-state index contributed by atoms with van der Waals surface area (Å²) in [6, 6.07) is 13.4. The standard InChI is InChI=1S/C20H23NO3/c1-14-4-5-15(2)19(12-14)21-20(23)13-24-18-10-8-17(9-11-18)7-6-16(3)22/h4-5,8-12H,6-7,13H2,1-3H3,(H,21,23). The Labute approximate surface area is 142 Å². The van der Waals surface area contributed by atoms with Gasteiger partial charge >= 0.3 is 0 Å². The van der Waals surface area contributed by atoms with Gasteiger partial charge in [-0.15, -0.1) is 0 Å². The van der Waals surface area contributed by atoms with Crippen LogP contribution in [0.15, 0.2) is 42.5 Å². The van der Waals surface area contributed by atoms with Gasteiger partial charge in [0.15, 0.2) is 6.61 Å². The minimum absolute atomic E-state index is 0.0415. The summed E-state index contributed by atoms with van der Waals surface area (Å²) >= 11 is 0. The molecule has 1 N–H and O–H groups in total. The highest BCUT2D eigenvalue weighted by atomic mass is 16.5. The first-order valence-corrected chi connectivity index (χ1v) is 8.02. The van der Waals surface area contributed by atoms with Crippen molar-refractivity contribution in [1.29, 1.82) is 0 Å². The summed E-state index contributed by atoms with van der Waals surface area (Å²) in [5.74, 6) is 0.625. The van der Waals surface area contributed by atoms with Crippen LogP contribution < -0.4 is 10.1 Å². The van der Waals surface area contributed by atoms with Crippen LogP contribution in [0.3, 0.4) is 0 Å². The first kappa shape index (κ1) is 17.7. The van der Waals surface area contributed by atoms with Crippen LogP contribution in [0.4, 0.5) is 5.69 Å². The number of ether oxygens (including phenoxy) is 1. The van der Waals surface area contributed by atoms with Crippen LogP contribution in [0.2, 0.25) is 0 Å². The molecule has 24 heavy (non-hydrogen) atoms. The maximum absolute atomic E-state index is 12.0. The second kappa shape index (κ2) is 8.29. The smallest absolute Gasteiger partial charge is 0.262 e. The van der Waals surface area contributed by atoms with E-state index in [2.05, 4.69) is 5.32 Å². The third-order valence-electron chi connectivity index (χ3n) is 3.73. The Hall–Kier alpha value is -2.62. The minimum Gasteiger partial charge on any atom is -0.484 e. The minimum atomic E-state index is -0.190. The Morgan fingerprint density at radius 3 is 2.42 bits per heavy atom. The van der Waals surface area contributed by atoms with Crippen LogP contribution in [0.25, 0.3) is 0 Å². The van der Waals surface area contributed by atoms with Crippen molar-refractivity contribution in [2.24, 2.45) is 0 Å². The molecule has 2 rings (SSSR count). The highest BCUT2D eigenvalue weighted by molar-refractivity contribution is 5.92. The summed E-state index contributed by atoms with van der Waals surface area (Å²) in [6.45, 7) is 5.49. The summed E-state index contributed by atoms with van der Waals surface area (Å²) in [5, 5.41) is 2.86. The average molecular weight is 325 g/mol. The topological polar surface area (TPSA) is 55.4 Å². The predicted octanol–water partition coefficient (Wildman–Crippen LogP) is 3.84. The van der Waals surface area contributed by atoms with E-state index in [1.165, 1.54) is 0 Å². The molecular formula is C20H23NO3. The monoisotopic (exact) mass is 325 g/mol. The average Bonchev–Trinajstić information content (AvgIpc) is 2.55. The van der Waals surface area contributed by atoms with Gasteiger partial charge in [-0.05, 0) is 62.1 Å². The first-order valence-electron chi connectivity index (χ1n) is 8.02. The maximum atomic E-state index is 12.0. The van der Waals surface area contributed by atoms with Gasteiger partial charge in [0.2, 0.25) is 0 Å². The summed E-state index contributed by atoms with van der Waals surface area (Å²) in [5.41, 5.74) is 4.00. The number of hydrogen-bond acceptors (Lipinski definition) is 3. The molecule has 0 spiro atoms. The van der Waals surface area contributed by atoms with Gasteiger partial charge in [0.05, 0.1) is 0 Å². The molecule has 0 saturated heterocycles. The quantitative estimate of drug-likeness (QED) is 0.841. The summed E-state index contributed by atoms with van der Waals surface area (Å²) in [6.07, 6.45) is 1.27. The van der Waals surface area contributed by atoms with Gasteiger partial charge in [0.1, 0.15) is 11.5 Å². The lowest BCUT2D eigenvalue weighted by Gasteiger charge is -2.10. The summed E-state index contributed by atoms with van der Waals surface area (Å²) in [4.78, 5) is 23.0. The second-order valence-electron chi connectivity index (χ2n) is 6.00. The predicted molar refractivity (Wildman–Crippen MR) is 95.5 cm³/mol. The van der Waals surface area contributed by atoms with Gasteiger partial charge in [-0.25, -0.2) is 0 Å². The molecule has 0 bridgehead atoms. The van der Waals surface area contributed by atoms with Crippen LogP contribution in [-0.2, 0) is 16.0 Å². The third-order valence-corrected chi connectivity index (χ3v) is 3.73. The maximum Gasteiger partial charge on any atom is 0.262 e. The molecule has 4 nitrogen and oxygen atoms in total. The number of anilines is 1. The Morgan fingerprint density at radius 2 is 1.75 bits per heavy atom. The fourth-order valence-corrected chi connectivity index (χ4v) is 2.28. The van der Waals surface area contributed by atoms with Crippen LogP contribution in [-0.4, -0.2) is 18.3 Å². The first-order chi connectivity index (χ1) is 11.4. The van der Waals surface area contributed by atoms with E-state index < -0.39 is 0 Å². The van der Waals surface area contributed by atoms with Crippen molar-refractivity contribution in [3.63, 3.8) is 0 Å². The summed E-state index contributed by atoms with van der Waals surface area (Å²) in [7, 11) is 0. The van der Waals surface area contributed by atoms with Gasteiger partial charge in [0, 0.05) is 12.1 Å². The number of benzene rings is 2. The molecule has 0 heterocycles. The zero-order valence-electron chi connectivity index (χ0n) is 14.4. The van der Waals surface area contributed by atoms with Crippen molar-refractivity contribution in [3.05, 3.63) is 59.2 Å². The third kappa shape index (κ3) is 5.54. The number of Topliss-reactive ketones (excluding diaryl/α,β-unsaturated/α-hetero) is 1. The van der Waals surface area contributed by atoms with E-state index in [4.69, 9.17) is 4.74 Å². The number of nitrogens with one attached hydrogen (secondary N) is 1. The number of hydrogen-bond donors (Lipinski definition) is 1. The fraction of sp³-hybridized carbons (Fsp3) is 0.300. The van der Waals surface area contributed by atoms with Crippen molar-refractivity contribution < 1.29 is 14.3 Å². The molecule has 0 aliphatic rings. The second-order valence-corrected chi connectivity index (χ2v) is 6.00. The molecule has 1 amide bonds. The van der Waals surface area contributed by atoms with Crippen molar-refractivity contribution in [2.75, 3.05) is 11.9 Å². The van der Waals surface area contributed by atoms with Crippen LogP contribution >= 0.6 is 0 Å². The van der Waals surface area contributed by atoms with E-state index in [0.29, 0.717) is 12.2 Å². The van der Waals surface area contributed by atoms with Gasteiger partial charge in [-0.2, -0.15) is 0 Å². The fourth-order valence-electron chi connectivity index (χ4n) is 2.28.